The number of carbonyl (C=O) groups excluding carboxylic acids is 1. The van der Waals surface area contributed by atoms with Crippen molar-refractivity contribution in [2.75, 3.05) is 18.1 Å². The molecule has 0 bridgehead atoms. The molecule has 204 valence electrons. The lowest BCUT2D eigenvalue weighted by atomic mass is 10.1. The van der Waals surface area contributed by atoms with Crippen molar-refractivity contribution in [2.24, 2.45) is 0 Å². The van der Waals surface area contributed by atoms with Crippen LogP contribution < -0.4 is 16.1 Å². The summed E-state index contributed by atoms with van der Waals surface area (Å²) in [6.07, 6.45) is 9.21. The van der Waals surface area contributed by atoms with Gasteiger partial charge in [-0.15, -0.1) is 0 Å². The van der Waals surface area contributed by atoms with Crippen molar-refractivity contribution in [2.45, 2.75) is 65.1 Å². The van der Waals surface area contributed by atoms with E-state index >= 15 is 0 Å². The van der Waals surface area contributed by atoms with Gasteiger partial charge in [-0.05, 0) is 62.4 Å². The lowest BCUT2D eigenvalue weighted by Crippen LogP contribution is -2.39. The summed E-state index contributed by atoms with van der Waals surface area (Å²) in [5, 5.41) is 0. The monoisotopic (exact) mass is 530 g/mol. The van der Waals surface area contributed by atoms with Gasteiger partial charge in [-0.2, -0.15) is 0 Å². The highest BCUT2D eigenvalue weighted by Gasteiger charge is 2.23. The molecular formula is C29H34N6O4. The van der Waals surface area contributed by atoms with Gasteiger partial charge in [0.25, 0.3) is 11.5 Å². The summed E-state index contributed by atoms with van der Waals surface area (Å²) in [5.74, 6) is 0.349. The number of pyridine rings is 2. The summed E-state index contributed by atoms with van der Waals surface area (Å²) in [7, 11) is 0. The topological polar surface area (TPSA) is 115 Å². The molecule has 5 heterocycles. The van der Waals surface area contributed by atoms with E-state index in [4.69, 9.17) is 4.74 Å². The third kappa shape index (κ3) is 5.42. The van der Waals surface area contributed by atoms with Gasteiger partial charge in [0.1, 0.15) is 11.3 Å². The van der Waals surface area contributed by atoms with Gasteiger partial charge in [0, 0.05) is 56.1 Å². The second-order valence-corrected chi connectivity index (χ2v) is 9.86. The average molecular weight is 531 g/mol. The molecule has 0 spiro atoms. The van der Waals surface area contributed by atoms with E-state index in [2.05, 4.69) is 15.0 Å². The van der Waals surface area contributed by atoms with Crippen LogP contribution >= 0.6 is 0 Å². The zero-order valence-corrected chi connectivity index (χ0v) is 22.4. The molecule has 1 saturated heterocycles. The van der Waals surface area contributed by atoms with E-state index in [1.807, 2.05) is 26.0 Å². The van der Waals surface area contributed by atoms with Crippen LogP contribution in [0, 0.1) is 0 Å². The Kier molecular flexibility index (Phi) is 8.02. The molecule has 1 aliphatic heterocycles. The predicted molar refractivity (Wildman–Crippen MR) is 150 cm³/mol. The predicted octanol–water partition coefficient (Wildman–Crippen LogP) is 3.98. The number of ether oxygens (including phenoxy) is 1. The van der Waals surface area contributed by atoms with Gasteiger partial charge in [0.2, 0.25) is 0 Å². The SMILES string of the molecule is CCCn1c(=O)c2[nH]c(-c3ccc(N(CCC4CCCO4)C(=O)c4cccnc4)nc3)cc2n(CCC)c1=O. The van der Waals surface area contributed by atoms with Crippen molar-refractivity contribution in [3.05, 3.63) is 75.3 Å². The first kappa shape index (κ1) is 26.6. The Morgan fingerprint density at radius 2 is 1.95 bits per heavy atom. The van der Waals surface area contributed by atoms with Crippen molar-refractivity contribution in [1.29, 1.82) is 0 Å². The second-order valence-electron chi connectivity index (χ2n) is 9.86. The fourth-order valence-electron chi connectivity index (χ4n) is 5.12. The Bertz CT molecular complexity index is 1550. The minimum Gasteiger partial charge on any atom is -0.378 e. The van der Waals surface area contributed by atoms with Crippen molar-refractivity contribution in [3.63, 3.8) is 0 Å². The fraction of sp³-hybridized carbons (Fsp3) is 0.414. The van der Waals surface area contributed by atoms with Crippen LogP contribution in [0.4, 0.5) is 5.82 Å². The molecule has 10 nitrogen and oxygen atoms in total. The number of fused-ring (bicyclic) bond motifs is 1. The molecule has 1 atom stereocenters. The highest BCUT2D eigenvalue weighted by molar-refractivity contribution is 6.05. The number of hydrogen-bond acceptors (Lipinski definition) is 6. The summed E-state index contributed by atoms with van der Waals surface area (Å²) >= 11 is 0. The van der Waals surface area contributed by atoms with E-state index in [9.17, 15) is 14.4 Å². The summed E-state index contributed by atoms with van der Waals surface area (Å²) in [6.45, 7) is 6.06. The number of anilines is 1. The summed E-state index contributed by atoms with van der Waals surface area (Å²) in [6, 6.07) is 8.99. The number of nitrogens with zero attached hydrogens (tertiary/aromatic N) is 5. The number of aromatic amines is 1. The molecule has 0 aliphatic carbocycles. The summed E-state index contributed by atoms with van der Waals surface area (Å²) in [5.41, 5.74) is 2.31. The van der Waals surface area contributed by atoms with E-state index in [0.29, 0.717) is 54.2 Å². The van der Waals surface area contributed by atoms with Crippen LogP contribution in [-0.4, -0.2) is 49.2 Å². The summed E-state index contributed by atoms with van der Waals surface area (Å²) in [4.78, 5) is 53.2. The maximum atomic E-state index is 13.4. The quantitative estimate of drug-likeness (QED) is 0.332. The molecule has 1 aliphatic rings. The van der Waals surface area contributed by atoms with Crippen LogP contribution in [0.15, 0.2) is 58.5 Å². The van der Waals surface area contributed by atoms with Crippen LogP contribution in [0.2, 0.25) is 0 Å². The molecule has 1 amide bonds. The molecule has 10 heteroatoms. The molecule has 1 fully saturated rings. The number of aryl methyl sites for hydroxylation is 1. The minimum absolute atomic E-state index is 0.136. The number of carbonyl (C=O) groups is 1. The fourth-order valence-corrected chi connectivity index (χ4v) is 5.12. The third-order valence-corrected chi connectivity index (χ3v) is 7.09. The van der Waals surface area contributed by atoms with Crippen molar-refractivity contribution >= 4 is 22.8 Å². The lowest BCUT2D eigenvalue weighted by Gasteiger charge is -2.23. The molecule has 39 heavy (non-hydrogen) atoms. The molecule has 1 unspecified atom stereocenters. The first-order valence-corrected chi connectivity index (χ1v) is 13.7. The van der Waals surface area contributed by atoms with Gasteiger partial charge >= 0.3 is 5.69 Å². The highest BCUT2D eigenvalue weighted by Crippen LogP contribution is 2.25. The lowest BCUT2D eigenvalue weighted by molar-refractivity contribution is 0.0947. The Hall–Kier alpha value is -4.05. The maximum Gasteiger partial charge on any atom is 0.331 e. The molecule has 0 saturated carbocycles. The Morgan fingerprint density at radius 3 is 2.62 bits per heavy atom. The average Bonchev–Trinajstić information content (AvgIpc) is 3.65. The largest absolute Gasteiger partial charge is 0.378 e. The smallest absolute Gasteiger partial charge is 0.331 e. The standard InChI is InChI=1S/C29H34N6O4/c1-3-13-33-24-17-23(32-26(24)28(37)35(14-4-2)29(33)38)20-9-10-25(31-19-20)34(15-11-22-8-6-16-39-22)27(36)21-7-5-12-30-18-21/h5,7,9-10,12,17-19,22,32H,3-4,6,8,11,13-16H2,1-2H3. The van der Waals surface area contributed by atoms with Crippen LogP contribution in [0.1, 0.15) is 56.3 Å². The maximum absolute atomic E-state index is 13.4. The van der Waals surface area contributed by atoms with Gasteiger partial charge in [0.15, 0.2) is 0 Å². The van der Waals surface area contributed by atoms with Gasteiger partial charge in [-0.25, -0.2) is 9.78 Å². The molecule has 1 N–H and O–H groups in total. The highest BCUT2D eigenvalue weighted by atomic mass is 16.5. The molecule has 4 aromatic rings. The molecule has 4 aromatic heterocycles. The Balaban J connectivity index is 1.48. The molecule has 5 rings (SSSR count). The summed E-state index contributed by atoms with van der Waals surface area (Å²) < 4.78 is 8.73. The van der Waals surface area contributed by atoms with Crippen molar-refractivity contribution < 1.29 is 9.53 Å². The first-order valence-electron chi connectivity index (χ1n) is 13.7. The van der Waals surface area contributed by atoms with E-state index in [1.165, 1.54) is 4.57 Å². The van der Waals surface area contributed by atoms with E-state index in [-0.39, 0.29) is 23.3 Å². The van der Waals surface area contributed by atoms with Gasteiger partial charge < -0.3 is 9.72 Å². The van der Waals surface area contributed by atoms with E-state index in [1.54, 1.807) is 46.3 Å². The van der Waals surface area contributed by atoms with Gasteiger partial charge in [-0.3, -0.25) is 28.6 Å². The molecular weight excluding hydrogens is 496 g/mol. The van der Waals surface area contributed by atoms with E-state index < -0.39 is 0 Å². The van der Waals surface area contributed by atoms with Crippen LogP contribution in [-0.2, 0) is 17.8 Å². The number of amides is 1. The van der Waals surface area contributed by atoms with E-state index in [0.717, 1.165) is 37.9 Å². The van der Waals surface area contributed by atoms with Crippen molar-refractivity contribution in [3.8, 4) is 11.3 Å². The number of H-pyrrole nitrogens is 1. The van der Waals surface area contributed by atoms with Crippen LogP contribution in [0.3, 0.4) is 0 Å². The second kappa shape index (κ2) is 11.8. The minimum atomic E-state index is -0.317. The number of hydrogen-bond donors (Lipinski definition) is 1. The van der Waals surface area contributed by atoms with Crippen molar-refractivity contribution in [1.82, 2.24) is 24.1 Å². The van der Waals surface area contributed by atoms with Crippen LogP contribution in [0.25, 0.3) is 22.3 Å². The molecule has 0 aromatic carbocycles. The first-order chi connectivity index (χ1) is 19.0. The number of aromatic nitrogens is 5. The number of nitrogens with one attached hydrogen (secondary N) is 1. The number of rotatable bonds is 10. The Morgan fingerprint density at radius 1 is 1.13 bits per heavy atom. The third-order valence-electron chi connectivity index (χ3n) is 7.09. The Labute approximate surface area is 226 Å². The normalized spacial score (nSPS) is 15.2. The van der Waals surface area contributed by atoms with Crippen LogP contribution in [0.5, 0.6) is 0 Å². The van der Waals surface area contributed by atoms with Gasteiger partial charge in [-0.1, -0.05) is 13.8 Å². The van der Waals surface area contributed by atoms with Gasteiger partial charge in [0.05, 0.1) is 17.2 Å². The molecule has 0 radical (unpaired) electrons. The zero-order valence-electron chi connectivity index (χ0n) is 22.4. The zero-order chi connectivity index (χ0) is 27.4.